The molecule has 5 nitrogen and oxygen atoms in total. The molecule has 1 rings (SSSR count). The average Bonchev–Trinajstić information content (AvgIpc) is 2.20. The van der Waals surface area contributed by atoms with E-state index in [4.69, 9.17) is 10.5 Å². The Labute approximate surface area is 90.1 Å². The normalized spacial score (nSPS) is 12.5. The number of nitrogens with one attached hydrogen (secondary N) is 1. The second-order valence-electron chi connectivity index (χ2n) is 3.46. The van der Waals surface area contributed by atoms with Crippen molar-refractivity contribution < 1.29 is 4.74 Å². The zero-order chi connectivity index (χ0) is 11.3. The second kappa shape index (κ2) is 5.50. The predicted octanol–water partition coefficient (Wildman–Crippen LogP) is 1.20. The van der Waals surface area contributed by atoms with Gasteiger partial charge in [0.25, 0.3) is 0 Å². The smallest absolute Gasteiger partial charge is 0.221 e. The molecule has 0 aliphatic heterocycles. The van der Waals surface area contributed by atoms with E-state index < -0.39 is 0 Å². The first kappa shape index (κ1) is 11.7. The fourth-order valence-electron chi connectivity index (χ4n) is 1.17. The molecule has 1 atom stereocenters. The molecule has 0 amide bonds. The van der Waals surface area contributed by atoms with Crippen molar-refractivity contribution in [1.29, 1.82) is 0 Å². The van der Waals surface area contributed by atoms with Gasteiger partial charge in [0.1, 0.15) is 5.82 Å². The van der Waals surface area contributed by atoms with Gasteiger partial charge >= 0.3 is 0 Å². The Kier molecular flexibility index (Phi) is 4.30. The summed E-state index contributed by atoms with van der Waals surface area (Å²) in [6.07, 6.45) is 1.71. The lowest BCUT2D eigenvalue weighted by molar-refractivity contribution is 0.141. The summed E-state index contributed by atoms with van der Waals surface area (Å²) in [6, 6.07) is 0.206. The molecule has 1 aromatic rings. The minimum Gasteiger partial charge on any atom is -0.380 e. The summed E-state index contributed by atoms with van der Waals surface area (Å²) in [5.74, 6) is 1.06. The summed E-state index contributed by atoms with van der Waals surface area (Å²) in [5.41, 5.74) is 6.49. The van der Waals surface area contributed by atoms with Gasteiger partial charge in [0.05, 0.1) is 6.61 Å². The standard InChI is InChI=1S/C10H18N4O/c1-4-15-6-8(3)13-9-7(2)5-12-10(11)14-9/h5,8H,4,6H2,1-3H3,(H3,11,12,13,14). The topological polar surface area (TPSA) is 73.1 Å². The highest BCUT2D eigenvalue weighted by atomic mass is 16.5. The highest BCUT2D eigenvalue weighted by Gasteiger charge is 2.06. The van der Waals surface area contributed by atoms with Crippen molar-refractivity contribution in [2.45, 2.75) is 26.8 Å². The van der Waals surface area contributed by atoms with Gasteiger partial charge in [-0.3, -0.25) is 0 Å². The maximum absolute atomic E-state index is 5.51. The maximum Gasteiger partial charge on any atom is 0.221 e. The van der Waals surface area contributed by atoms with Gasteiger partial charge in [-0.2, -0.15) is 4.98 Å². The Morgan fingerprint density at radius 3 is 3.00 bits per heavy atom. The highest BCUT2D eigenvalue weighted by molar-refractivity contribution is 5.45. The van der Waals surface area contributed by atoms with Crippen molar-refractivity contribution in [1.82, 2.24) is 9.97 Å². The fourth-order valence-corrected chi connectivity index (χ4v) is 1.17. The third-order valence-electron chi connectivity index (χ3n) is 1.95. The number of rotatable bonds is 5. The zero-order valence-corrected chi connectivity index (χ0v) is 9.45. The summed E-state index contributed by atoms with van der Waals surface area (Å²) < 4.78 is 5.30. The van der Waals surface area contributed by atoms with Gasteiger partial charge < -0.3 is 15.8 Å². The molecule has 0 fully saturated rings. The second-order valence-corrected chi connectivity index (χ2v) is 3.46. The summed E-state index contributed by atoms with van der Waals surface area (Å²) >= 11 is 0. The van der Waals surface area contributed by atoms with E-state index in [2.05, 4.69) is 15.3 Å². The Morgan fingerprint density at radius 2 is 2.33 bits per heavy atom. The van der Waals surface area contributed by atoms with E-state index in [1.54, 1.807) is 6.20 Å². The molecule has 0 spiro atoms. The van der Waals surface area contributed by atoms with Gasteiger partial charge in [0, 0.05) is 24.4 Å². The number of nitrogens with two attached hydrogens (primary N) is 1. The van der Waals surface area contributed by atoms with E-state index in [-0.39, 0.29) is 12.0 Å². The molecule has 84 valence electrons. The Morgan fingerprint density at radius 1 is 1.60 bits per heavy atom. The van der Waals surface area contributed by atoms with Crippen LogP contribution in [0.4, 0.5) is 11.8 Å². The Balaban J connectivity index is 2.59. The van der Waals surface area contributed by atoms with Gasteiger partial charge in [-0.15, -0.1) is 0 Å². The molecular weight excluding hydrogens is 192 g/mol. The summed E-state index contributed by atoms with van der Waals surface area (Å²) in [5, 5.41) is 3.23. The van der Waals surface area contributed by atoms with Crippen molar-refractivity contribution in [2.24, 2.45) is 0 Å². The molecule has 1 unspecified atom stereocenters. The summed E-state index contributed by atoms with van der Waals surface area (Å²) in [4.78, 5) is 8.03. The van der Waals surface area contributed by atoms with Gasteiger partial charge in [-0.25, -0.2) is 4.98 Å². The lowest BCUT2D eigenvalue weighted by Crippen LogP contribution is -2.23. The van der Waals surface area contributed by atoms with E-state index >= 15 is 0 Å². The number of aryl methyl sites for hydroxylation is 1. The molecule has 0 saturated carbocycles. The van der Waals surface area contributed by atoms with E-state index in [0.717, 1.165) is 18.0 Å². The number of anilines is 2. The Hall–Kier alpha value is -1.36. The molecule has 0 aliphatic carbocycles. The molecule has 1 heterocycles. The first-order valence-electron chi connectivity index (χ1n) is 5.07. The molecule has 0 aromatic carbocycles. The number of nitrogen functional groups attached to an aromatic ring is 1. The quantitative estimate of drug-likeness (QED) is 0.764. The van der Waals surface area contributed by atoms with Crippen LogP contribution in [0.25, 0.3) is 0 Å². The molecule has 0 bridgehead atoms. The minimum atomic E-state index is 0.206. The fraction of sp³-hybridized carbons (Fsp3) is 0.600. The first-order chi connectivity index (χ1) is 7.13. The van der Waals surface area contributed by atoms with Crippen LogP contribution in [0.1, 0.15) is 19.4 Å². The number of nitrogens with zero attached hydrogens (tertiary/aromatic N) is 2. The molecule has 0 saturated heterocycles. The molecule has 0 aliphatic rings. The lowest BCUT2D eigenvalue weighted by Gasteiger charge is -2.15. The van der Waals surface area contributed by atoms with Gasteiger partial charge in [-0.1, -0.05) is 0 Å². The number of ether oxygens (including phenoxy) is 1. The van der Waals surface area contributed by atoms with E-state index in [1.807, 2.05) is 20.8 Å². The lowest BCUT2D eigenvalue weighted by atomic mass is 10.3. The van der Waals surface area contributed by atoms with E-state index in [0.29, 0.717) is 6.61 Å². The van der Waals surface area contributed by atoms with E-state index in [1.165, 1.54) is 0 Å². The van der Waals surface area contributed by atoms with Crippen molar-refractivity contribution in [2.75, 3.05) is 24.3 Å². The third kappa shape index (κ3) is 3.71. The molecule has 5 heteroatoms. The van der Waals surface area contributed by atoms with Crippen LogP contribution in [0.2, 0.25) is 0 Å². The van der Waals surface area contributed by atoms with Crippen LogP contribution in [-0.4, -0.2) is 29.2 Å². The number of hydrogen-bond acceptors (Lipinski definition) is 5. The van der Waals surface area contributed by atoms with Crippen LogP contribution in [-0.2, 0) is 4.74 Å². The van der Waals surface area contributed by atoms with Crippen LogP contribution in [0, 0.1) is 6.92 Å². The zero-order valence-electron chi connectivity index (χ0n) is 9.45. The van der Waals surface area contributed by atoms with Crippen molar-refractivity contribution in [3.8, 4) is 0 Å². The predicted molar refractivity (Wildman–Crippen MR) is 60.8 cm³/mol. The summed E-state index contributed by atoms with van der Waals surface area (Å²) in [6.45, 7) is 7.32. The molecular formula is C10H18N4O. The number of aromatic nitrogens is 2. The Bertz CT molecular complexity index is 316. The van der Waals surface area contributed by atoms with Crippen molar-refractivity contribution >= 4 is 11.8 Å². The minimum absolute atomic E-state index is 0.206. The summed E-state index contributed by atoms with van der Waals surface area (Å²) in [7, 11) is 0. The van der Waals surface area contributed by atoms with E-state index in [9.17, 15) is 0 Å². The van der Waals surface area contributed by atoms with Crippen LogP contribution < -0.4 is 11.1 Å². The maximum atomic E-state index is 5.51. The first-order valence-corrected chi connectivity index (χ1v) is 5.07. The number of hydrogen-bond donors (Lipinski definition) is 2. The largest absolute Gasteiger partial charge is 0.380 e. The average molecular weight is 210 g/mol. The molecule has 15 heavy (non-hydrogen) atoms. The van der Waals surface area contributed by atoms with Crippen LogP contribution in [0.5, 0.6) is 0 Å². The van der Waals surface area contributed by atoms with Crippen LogP contribution in [0.3, 0.4) is 0 Å². The molecule has 0 radical (unpaired) electrons. The van der Waals surface area contributed by atoms with Crippen molar-refractivity contribution in [3.05, 3.63) is 11.8 Å². The van der Waals surface area contributed by atoms with Crippen molar-refractivity contribution in [3.63, 3.8) is 0 Å². The highest BCUT2D eigenvalue weighted by Crippen LogP contribution is 2.11. The van der Waals surface area contributed by atoms with Crippen LogP contribution >= 0.6 is 0 Å². The van der Waals surface area contributed by atoms with Gasteiger partial charge in [0.15, 0.2) is 0 Å². The van der Waals surface area contributed by atoms with Gasteiger partial charge in [0.2, 0.25) is 5.95 Å². The van der Waals surface area contributed by atoms with Crippen LogP contribution in [0.15, 0.2) is 6.20 Å². The monoisotopic (exact) mass is 210 g/mol. The van der Waals surface area contributed by atoms with Gasteiger partial charge in [-0.05, 0) is 20.8 Å². The molecule has 1 aromatic heterocycles. The third-order valence-corrected chi connectivity index (χ3v) is 1.95. The SMILES string of the molecule is CCOCC(C)Nc1nc(N)ncc1C. The molecule has 3 N–H and O–H groups in total.